The van der Waals surface area contributed by atoms with Gasteiger partial charge in [-0.1, -0.05) is 25.5 Å². The van der Waals surface area contributed by atoms with Gasteiger partial charge in [0.05, 0.1) is 11.0 Å². The van der Waals surface area contributed by atoms with Gasteiger partial charge in [0.15, 0.2) is 0 Å². The van der Waals surface area contributed by atoms with E-state index in [1.165, 1.54) is 12.1 Å². The van der Waals surface area contributed by atoms with Crippen molar-refractivity contribution in [2.45, 2.75) is 51.1 Å². The standard InChI is InChI=1S/C16H23N3O3/c1-2-15(11-5-4-8-14(10-11)19(21)22)18-16(20)12-6-3-7-13(17)9-12/h4-5,8,10,12-13,15H,2-3,6-7,9,17H2,1H3,(H,18,20). The molecule has 0 heterocycles. The van der Waals surface area contributed by atoms with E-state index in [-0.39, 0.29) is 29.6 Å². The summed E-state index contributed by atoms with van der Waals surface area (Å²) >= 11 is 0. The summed E-state index contributed by atoms with van der Waals surface area (Å²) in [6, 6.07) is 6.35. The van der Waals surface area contributed by atoms with Crippen LogP contribution < -0.4 is 11.1 Å². The maximum absolute atomic E-state index is 12.4. The summed E-state index contributed by atoms with van der Waals surface area (Å²) in [5.74, 6) is -0.0370. The molecule has 3 atom stereocenters. The summed E-state index contributed by atoms with van der Waals surface area (Å²) in [4.78, 5) is 22.9. The smallest absolute Gasteiger partial charge is 0.269 e. The van der Waals surface area contributed by atoms with Crippen molar-refractivity contribution in [2.24, 2.45) is 11.7 Å². The Kier molecular flexibility index (Phi) is 5.49. The number of benzene rings is 1. The first-order valence-corrected chi connectivity index (χ1v) is 7.81. The summed E-state index contributed by atoms with van der Waals surface area (Å²) in [7, 11) is 0. The van der Waals surface area contributed by atoms with Crippen LogP contribution in [-0.2, 0) is 4.79 Å². The molecule has 3 N–H and O–H groups in total. The molecule has 1 fully saturated rings. The Balaban J connectivity index is 2.06. The van der Waals surface area contributed by atoms with Gasteiger partial charge in [0, 0.05) is 24.1 Å². The molecule has 1 amide bonds. The first-order chi connectivity index (χ1) is 10.5. The van der Waals surface area contributed by atoms with Crippen LogP contribution in [0.15, 0.2) is 24.3 Å². The molecule has 0 aliphatic heterocycles. The molecule has 6 heteroatoms. The minimum Gasteiger partial charge on any atom is -0.349 e. The topological polar surface area (TPSA) is 98.3 Å². The average molecular weight is 305 g/mol. The lowest BCUT2D eigenvalue weighted by Crippen LogP contribution is -2.39. The van der Waals surface area contributed by atoms with Gasteiger partial charge in [0.2, 0.25) is 5.91 Å². The fourth-order valence-electron chi connectivity index (χ4n) is 3.03. The Bertz CT molecular complexity index is 547. The minimum absolute atomic E-state index is 0.00788. The maximum Gasteiger partial charge on any atom is 0.269 e. The van der Waals surface area contributed by atoms with E-state index < -0.39 is 4.92 Å². The number of nitrogens with two attached hydrogens (primary N) is 1. The van der Waals surface area contributed by atoms with Crippen molar-refractivity contribution in [1.82, 2.24) is 5.32 Å². The summed E-state index contributed by atoms with van der Waals surface area (Å²) in [6.45, 7) is 1.95. The zero-order valence-electron chi connectivity index (χ0n) is 12.8. The monoisotopic (exact) mass is 305 g/mol. The van der Waals surface area contributed by atoms with E-state index in [9.17, 15) is 14.9 Å². The first kappa shape index (κ1) is 16.4. The molecule has 0 bridgehead atoms. The predicted molar refractivity (Wildman–Crippen MR) is 84.2 cm³/mol. The van der Waals surface area contributed by atoms with Crippen LogP contribution in [0.4, 0.5) is 5.69 Å². The minimum atomic E-state index is -0.418. The molecular weight excluding hydrogens is 282 g/mol. The quantitative estimate of drug-likeness (QED) is 0.645. The summed E-state index contributed by atoms with van der Waals surface area (Å²) in [6.07, 6.45) is 4.23. The fraction of sp³-hybridized carbons (Fsp3) is 0.562. The Morgan fingerprint density at radius 1 is 1.50 bits per heavy atom. The Hall–Kier alpha value is -1.95. The van der Waals surface area contributed by atoms with Crippen LogP contribution >= 0.6 is 0 Å². The van der Waals surface area contributed by atoms with Gasteiger partial charge in [-0.15, -0.1) is 0 Å². The number of nitrogens with zero attached hydrogens (tertiary/aromatic N) is 1. The highest BCUT2D eigenvalue weighted by molar-refractivity contribution is 5.79. The molecule has 22 heavy (non-hydrogen) atoms. The average Bonchev–Trinajstić information content (AvgIpc) is 2.52. The molecule has 0 spiro atoms. The third-order valence-electron chi connectivity index (χ3n) is 4.29. The van der Waals surface area contributed by atoms with E-state index in [1.54, 1.807) is 6.07 Å². The van der Waals surface area contributed by atoms with Gasteiger partial charge in [-0.2, -0.15) is 0 Å². The lowest BCUT2D eigenvalue weighted by molar-refractivity contribution is -0.384. The zero-order valence-corrected chi connectivity index (χ0v) is 12.8. The second-order valence-electron chi connectivity index (χ2n) is 5.95. The molecule has 0 aromatic heterocycles. The number of carbonyl (C=O) groups is 1. The fourth-order valence-corrected chi connectivity index (χ4v) is 3.03. The van der Waals surface area contributed by atoms with Crippen molar-refractivity contribution in [3.05, 3.63) is 39.9 Å². The Labute approximate surface area is 130 Å². The van der Waals surface area contributed by atoms with Crippen molar-refractivity contribution in [2.75, 3.05) is 0 Å². The second-order valence-corrected chi connectivity index (χ2v) is 5.95. The van der Waals surface area contributed by atoms with Crippen LogP contribution in [0.3, 0.4) is 0 Å². The normalized spacial score (nSPS) is 22.8. The second kappa shape index (κ2) is 7.35. The molecule has 1 aliphatic rings. The van der Waals surface area contributed by atoms with Gasteiger partial charge in [-0.05, 0) is 31.2 Å². The van der Waals surface area contributed by atoms with Crippen LogP contribution in [0, 0.1) is 16.0 Å². The summed E-state index contributed by atoms with van der Waals surface area (Å²) in [5.41, 5.74) is 6.75. The van der Waals surface area contributed by atoms with Crippen LogP contribution in [0.2, 0.25) is 0 Å². The van der Waals surface area contributed by atoms with E-state index >= 15 is 0 Å². The third-order valence-corrected chi connectivity index (χ3v) is 4.29. The van der Waals surface area contributed by atoms with Crippen LogP contribution in [0.1, 0.15) is 50.6 Å². The molecule has 120 valence electrons. The van der Waals surface area contributed by atoms with Gasteiger partial charge >= 0.3 is 0 Å². The maximum atomic E-state index is 12.4. The molecule has 1 aliphatic carbocycles. The van der Waals surface area contributed by atoms with Crippen LogP contribution in [-0.4, -0.2) is 16.9 Å². The van der Waals surface area contributed by atoms with E-state index in [4.69, 9.17) is 5.73 Å². The van der Waals surface area contributed by atoms with Crippen molar-refractivity contribution >= 4 is 11.6 Å². The molecule has 1 saturated carbocycles. The SMILES string of the molecule is CCC(NC(=O)C1CCCC(N)C1)c1cccc([N+](=O)[O-])c1. The van der Waals surface area contributed by atoms with E-state index in [0.29, 0.717) is 6.42 Å². The molecule has 0 saturated heterocycles. The first-order valence-electron chi connectivity index (χ1n) is 7.81. The van der Waals surface area contributed by atoms with E-state index in [2.05, 4.69) is 5.32 Å². The number of non-ortho nitro benzene ring substituents is 1. The van der Waals surface area contributed by atoms with Crippen LogP contribution in [0.5, 0.6) is 0 Å². The number of hydrogen-bond donors (Lipinski definition) is 2. The molecular formula is C16H23N3O3. The van der Waals surface area contributed by atoms with Crippen molar-refractivity contribution in [1.29, 1.82) is 0 Å². The molecule has 0 radical (unpaired) electrons. The van der Waals surface area contributed by atoms with Crippen molar-refractivity contribution in [3.8, 4) is 0 Å². The zero-order chi connectivity index (χ0) is 16.1. The highest BCUT2D eigenvalue weighted by atomic mass is 16.6. The van der Waals surface area contributed by atoms with Gasteiger partial charge in [0.1, 0.15) is 0 Å². The van der Waals surface area contributed by atoms with Crippen molar-refractivity contribution < 1.29 is 9.72 Å². The molecule has 3 unspecified atom stereocenters. The number of amides is 1. The summed E-state index contributed by atoms with van der Waals surface area (Å²) in [5, 5.41) is 13.9. The lowest BCUT2D eigenvalue weighted by atomic mass is 9.85. The molecule has 6 nitrogen and oxygen atoms in total. The largest absolute Gasteiger partial charge is 0.349 e. The number of carbonyl (C=O) groups excluding carboxylic acids is 1. The highest BCUT2D eigenvalue weighted by Gasteiger charge is 2.27. The lowest BCUT2D eigenvalue weighted by Gasteiger charge is -2.27. The predicted octanol–water partition coefficient (Wildman–Crippen LogP) is 2.68. The van der Waals surface area contributed by atoms with Gasteiger partial charge < -0.3 is 11.1 Å². The Morgan fingerprint density at radius 2 is 2.27 bits per heavy atom. The van der Waals surface area contributed by atoms with E-state index in [0.717, 1.165) is 31.2 Å². The number of rotatable bonds is 5. The number of hydrogen-bond acceptors (Lipinski definition) is 4. The third kappa shape index (κ3) is 4.04. The number of nitro groups is 1. The Morgan fingerprint density at radius 3 is 2.91 bits per heavy atom. The molecule has 2 rings (SSSR count). The number of nitro benzene ring substituents is 1. The summed E-state index contributed by atoms with van der Waals surface area (Å²) < 4.78 is 0. The van der Waals surface area contributed by atoms with Gasteiger partial charge in [-0.25, -0.2) is 0 Å². The van der Waals surface area contributed by atoms with Crippen LogP contribution in [0.25, 0.3) is 0 Å². The van der Waals surface area contributed by atoms with E-state index in [1.807, 2.05) is 13.0 Å². The number of nitrogens with one attached hydrogen (secondary N) is 1. The molecule has 1 aromatic rings. The molecule has 1 aromatic carbocycles. The van der Waals surface area contributed by atoms with Gasteiger partial charge in [-0.3, -0.25) is 14.9 Å². The van der Waals surface area contributed by atoms with Crippen molar-refractivity contribution in [3.63, 3.8) is 0 Å². The highest BCUT2D eigenvalue weighted by Crippen LogP contribution is 2.26. The van der Waals surface area contributed by atoms with Gasteiger partial charge in [0.25, 0.3) is 5.69 Å².